The van der Waals surface area contributed by atoms with Crippen molar-refractivity contribution in [2.75, 3.05) is 20.3 Å². The smallest absolute Gasteiger partial charge is 0.261 e. The summed E-state index contributed by atoms with van der Waals surface area (Å²) in [6.45, 7) is 0.174. The predicted octanol–water partition coefficient (Wildman–Crippen LogP) is 1.87. The average Bonchev–Trinajstić information content (AvgIpc) is 2.87. The van der Waals surface area contributed by atoms with Crippen LogP contribution in [0, 0.1) is 0 Å². The maximum atomic E-state index is 12.3. The molecule has 3 rings (SSSR count). The fraction of sp³-hybridized carbons (Fsp3) is 0.263. The molecule has 0 saturated heterocycles. The molecule has 6 nitrogen and oxygen atoms in total. The molecule has 2 aromatic carbocycles. The number of ether oxygens (including phenoxy) is 2. The molecule has 0 saturated carbocycles. The van der Waals surface area contributed by atoms with Gasteiger partial charge in [0.15, 0.2) is 0 Å². The second kappa shape index (κ2) is 7.46. The molecule has 2 aromatic rings. The van der Waals surface area contributed by atoms with Crippen LogP contribution in [-0.4, -0.2) is 48.2 Å². The number of β-amino-alcohol motifs (C(OH)–C–C–N with tert-alkyl or cyclic N) is 1. The molecule has 0 spiro atoms. The SMILES string of the molecule is COc1ccccc1COCC(O)CN1C(=O)c2ccccc2C1=O. The zero-order chi connectivity index (χ0) is 17.8. The van der Waals surface area contributed by atoms with E-state index in [2.05, 4.69) is 0 Å². The van der Waals surface area contributed by atoms with E-state index in [9.17, 15) is 14.7 Å². The molecular weight excluding hydrogens is 322 g/mol. The lowest BCUT2D eigenvalue weighted by Crippen LogP contribution is -2.38. The van der Waals surface area contributed by atoms with Gasteiger partial charge in [0, 0.05) is 5.56 Å². The quantitative estimate of drug-likeness (QED) is 0.778. The number of amides is 2. The number of carbonyl (C=O) groups is 2. The Morgan fingerprint density at radius 2 is 1.60 bits per heavy atom. The molecule has 1 heterocycles. The number of hydrogen-bond donors (Lipinski definition) is 1. The Morgan fingerprint density at radius 3 is 2.24 bits per heavy atom. The monoisotopic (exact) mass is 341 g/mol. The Balaban J connectivity index is 1.54. The number of fused-ring (bicyclic) bond motifs is 1. The van der Waals surface area contributed by atoms with E-state index in [1.54, 1.807) is 31.4 Å². The molecule has 6 heteroatoms. The minimum absolute atomic E-state index is 0.00541. The van der Waals surface area contributed by atoms with E-state index in [0.717, 1.165) is 10.5 Å². The number of aliphatic hydroxyl groups is 1. The van der Waals surface area contributed by atoms with Crippen molar-refractivity contribution >= 4 is 11.8 Å². The molecule has 1 N–H and O–H groups in total. The highest BCUT2D eigenvalue weighted by Gasteiger charge is 2.36. The third kappa shape index (κ3) is 3.55. The summed E-state index contributed by atoms with van der Waals surface area (Å²) in [6.07, 6.45) is -0.961. The van der Waals surface area contributed by atoms with Crippen LogP contribution in [-0.2, 0) is 11.3 Å². The Hall–Kier alpha value is -2.70. The third-order valence-electron chi connectivity index (χ3n) is 4.03. The van der Waals surface area contributed by atoms with Crippen LogP contribution >= 0.6 is 0 Å². The second-order valence-corrected chi connectivity index (χ2v) is 5.75. The van der Waals surface area contributed by atoms with Gasteiger partial charge < -0.3 is 14.6 Å². The summed E-state index contributed by atoms with van der Waals surface area (Å²) in [5.41, 5.74) is 1.60. The second-order valence-electron chi connectivity index (χ2n) is 5.75. The first-order valence-corrected chi connectivity index (χ1v) is 7.94. The first-order valence-electron chi connectivity index (χ1n) is 7.94. The highest BCUT2D eigenvalue weighted by Crippen LogP contribution is 2.22. The maximum absolute atomic E-state index is 12.3. The fourth-order valence-corrected chi connectivity index (χ4v) is 2.80. The van der Waals surface area contributed by atoms with E-state index >= 15 is 0 Å². The summed E-state index contributed by atoms with van der Waals surface area (Å²) in [4.78, 5) is 25.6. The molecule has 0 aliphatic carbocycles. The van der Waals surface area contributed by atoms with Crippen molar-refractivity contribution in [1.82, 2.24) is 4.90 Å². The van der Waals surface area contributed by atoms with Crippen LogP contribution in [0.15, 0.2) is 48.5 Å². The Morgan fingerprint density at radius 1 is 1.00 bits per heavy atom. The summed E-state index contributed by atoms with van der Waals surface area (Å²) >= 11 is 0. The number of hydrogen-bond acceptors (Lipinski definition) is 5. The standard InChI is InChI=1S/C19H19NO5/c1-24-17-9-5-2-6-13(17)11-25-12-14(21)10-20-18(22)15-7-3-4-8-16(15)19(20)23/h2-9,14,21H,10-12H2,1H3. The zero-order valence-electron chi connectivity index (χ0n) is 13.8. The third-order valence-corrected chi connectivity index (χ3v) is 4.03. The molecule has 25 heavy (non-hydrogen) atoms. The first kappa shape index (κ1) is 17.1. The largest absolute Gasteiger partial charge is 0.496 e. The van der Waals surface area contributed by atoms with E-state index in [1.165, 1.54) is 0 Å². The van der Waals surface area contributed by atoms with Crippen molar-refractivity contribution in [3.63, 3.8) is 0 Å². The van der Waals surface area contributed by atoms with Crippen LogP contribution in [0.3, 0.4) is 0 Å². The minimum atomic E-state index is -0.961. The summed E-state index contributed by atoms with van der Waals surface area (Å²) in [5, 5.41) is 10.1. The molecule has 2 amide bonds. The van der Waals surface area contributed by atoms with Gasteiger partial charge in [-0.1, -0.05) is 30.3 Å². The lowest BCUT2D eigenvalue weighted by Gasteiger charge is -2.18. The van der Waals surface area contributed by atoms with E-state index in [-0.39, 0.29) is 31.6 Å². The van der Waals surface area contributed by atoms with E-state index in [4.69, 9.17) is 9.47 Å². The molecule has 1 unspecified atom stereocenters. The van der Waals surface area contributed by atoms with Crippen LogP contribution < -0.4 is 4.74 Å². The molecular formula is C19H19NO5. The summed E-state index contributed by atoms with van der Waals surface area (Å²) in [6, 6.07) is 14.1. The fourth-order valence-electron chi connectivity index (χ4n) is 2.80. The molecule has 1 atom stereocenters. The van der Waals surface area contributed by atoms with Crippen molar-refractivity contribution in [1.29, 1.82) is 0 Å². The minimum Gasteiger partial charge on any atom is -0.496 e. The Labute approximate surface area is 145 Å². The van der Waals surface area contributed by atoms with Gasteiger partial charge in [0.05, 0.1) is 44.1 Å². The maximum Gasteiger partial charge on any atom is 0.261 e. The van der Waals surface area contributed by atoms with Gasteiger partial charge in [-0.25, -0.2) is 0 Å². The molecule has 1 aliphatic heterocycles. The lowest BCUT2D eigenvalue weighted by atomic mass is 10.1. The lowest BCUT2D eigenvalue weighted by molar-refractivity contribution is 0.0115. The van der Waals surface area contributed by atoms with Gasteiger partial charge in [-0.2, -0.15) is 0 Å². The van der Waals surface area contributed by atoms with E-state index < -0.39 is 6.10 Å². The molecule has 0 aromatic heterocycles. The van der Waals surface area contributed by atoms with Gasteiger partial charge in [0.1, 0.15) is 5.75 Å². The van der Waals surface area contributed by atoms with Gasteiger partial charge in [0.25, 0.3) is 11.8 Å². The summed E-state index contributed by atoms with van der Waals surface area (Å²) in [7, 11) is 1.58. The molecule has 130 valence electrons. The summed E-state index contributed by atoms with van der Waals surface area (Å²) in [5.74, 6) is -0.0638. The topological polar surface area (TPSA) is 76.1 Å². The van der Waals surface area contributed by atoms with Crippen LogP contribution in [0.4, 0.5) is 0 Å². The number of carbonyl (C=O) groups excluding carboxylic acids is 2. The number of para-hydroxylation sites is 1. The van der Waals surface area contributed by atoms with Gasteiger partial charge >= 0.3 is 0 Å². The van der Waals surface area contributed by atoms with Crippen LogP contribution in [0.25, 0.3) is 0 Å². The highest BCUT2D eigenvalue weighted by atomic mass is 16.5. The normalized spacial score (nSPS) is 14.6. The van der Waals surface area contributed by atoms with Crippen molar-refractivity contribution in [2.24, 2.45) is 0 Å². The molecule has 1 aliphatic rings. The van der Waals surface area contributed by atoms with Crippen LogP contribution in [0.5, 0.6) is 5.75 Å². The Bertz CT molecular complexity index is 754. The molecule has 0 radical (unpaired) electrons. The number of benzene rings is 2. The highest BCUT2D eigenvalue weighted by molar-refractivity contribution is 6.21. The van der Waals surface area contributed by atoms with Crippen molar-refractivity contribution in [3.05, 3.63) is 65.2 Å². The van der Waals surface area contributed by atoms with Crippen molar-refractivity contribution in [2.45, 2.75) is 12.7 Å². The first-order chi connectivity index (χ1) is 12.1. The predicted molar refractivity (Wildman–Crippen MR) is 90.5 cm³/mol. The zero-order valence-corrected chi connectivity index (χ0v) is 13.8. The van der Waals surface area contributed by atoms with E-state index in [0.29, 0.717) is 16.9 Å². The number of imide groups is 1. The van der Waals surface area contributed by atoms with E-state index in [1.807, 2.05) is 24.3 Å². The van der Waals surface area contributed by atoms with Crippen molar-refractivity contribution < 1.29 is 24.2 Å². The van der Waals surface area contributed by atoms with Gasteiger partial charge in [0.2, 0.25) is 0 Å². The average molecular weight is 341 g/mol. The molecule has 0 fully saturated rings. The van der Waals surface area contributed by atoms with Crippen molar-refractivity contribution in [3.8, 4) is 5.75 Å². The van der Waals surface area contributed by atoms with Gasteiger partial charge in [-0.05, 0) is 18.2 Å². The number of methoxy groups -OCH3 is 1. The van der Waals surface area contributed by atoms with Crippen LogP contribution in [0.1, 0.15) is 26.3 Å². The van der Waals surface area contributed by atoms with Crippen LogP contribution in [0.2, 0.25) is 0 Å². The number of rotatable bonds is 7. The van der Waals surface area contributed by atoms with Gasteiger partial charge in [-0.3, -0.25) is 14.5 Å². The number of nitrogens with zero attached hydrogens (tertiary/aromatic N) is 1. The molecule has 0 bridgehead atoms. The Kier molecular flexibility index (Phi) is 5.11. The summed E-state index contributed by atoms with van der Waals surface area (Å²) < 4.78 is 10.7. The number of aliphatic hydroxyl groups excluding tert-OH is 1. The van der Waals surface area contributed by atoms with Gasteiger partial charge in [-0.15, -0.1) is 0 Å².